The fraction of sp³-hybridized carbons (Fsp3) is 0.588. The maximum atomic E-state index is 4.31. The van der Waals surface area contributed by atoms with Gasteiger partial charge in [-0.25, -0.2) is 0 Å². The van der Waals surface area contributed by atoms with Crippen LogP contribution in [0.4, 0.5) is 0 Å². The summed E-state index contributed by atoms with van der Waals surface area (Å²) in [6.45, 7) is 5.26. The zero-order valence-corrected chi connectivity index (χ0v) is 15.7. The van der Waals surface area contributed by atoms with Crippen molar-refractivity contribution in [3.05, 3.63) is 34.9 Å². The van der Waals surface area contributed by atoms with Crippen molar-refractivity contribution < 1.29 is 0 Å². The maximum Gasteiger partial charge on any atom is 0.191 e. The van der Waals surface area contributed by atoms with Crippen molar-refractivity contribution in [2.75, 3.05) is 13.6 Å². The van der Waals surface area contributed by atoms with E-state index in [0.717, 1.165) is 18.9 Å². The number of aryl methyl sites for hydroxylation is 2. The second-order valence-electron chi connectivity index (χ2n) is 5.80. The van der Waals surface area contributed by atoms with E-state index in [1.807, 2.05) is 7.05 Å². The Kier molecular flexibility index (Phi) is 8.07. The van der Waals surface area contributed by atoms with Gasteiger partial charge in [0.25, 0.3) is 0 Å². The molecule has 0 atom stereocenters. The molecule has 1 aromatic carbocycles. The largest absolute Gasteiger partial charge is 0.356 e. The number of benzene rings is 1. The van der Waals surface area contributed by atoms with Crippen molar-refractivity contribution in [1.29, 1.82) is 0 Å². The molecule has 0 aliphatic heterocycles. The lowest BCUT2D eigenvalue weighted by Crippen LogP contribution is -2.43. The summed E-state index contributed by atoms with van der Waals surface area (Å²) >= 11 is 0. The Labute approximate surface area is 146 Å². The second kappa shape index (κ2) is 9.28. The fourth-order valence-corrected chi connectivity index (χ4v) is 2.90. The van der Waals surface area contributed by atoms with Gasteiger partial charge in [0.1, 0.15) is 0 Å². The van der Waals surface area contributed by atoms with E-state index in [9.17, 15) is 0 Å². The lowest BCUT2D eigenvalue weighted by atomic mass is 10.0. The number of nitrogens with one attached hydrogen (secondary N) is 2. The average molecular weight is 401 g/mol. The quantitative estimate of drug-likeness (QED) is 0.460. The Morgan fingerprint density at radius 3 is 2.57 bits per heavy atom. The molecule has 1 fully saturated rings. The van der Waals surface area contributed by atoms with Gasteiger partial charge in [0.2, 0.25) is 0 Å². The Morgan fingerprint density at radius 1 is 1.24 bits per heavy atom. The molecule has 0 unspecified atom stereocenters. The van der Waals surface area contributed by atoms with Crippen molar-refractivity contribution in [3.63, 3.8) is 0 Å². The van der Waals surface area contributed by atoms with Gasteiger partial charge in [0.15, 0.2) is 5.96 Å². The highest BCUT2D eigenvalue weighted by Crippen LogP contribution is 2.17. The van der Waals surface area contributed by atoms with E-state index >= 15 is 0 Å². The number of hydrogen-bond donors (Lipinski definition) is 2. The van der Waals surface area contributed by atoms with E-state index < -0.39 is 0 Å². The van der Waals surface area contributed by atoms with E-state index in [4.69, 9.17) is 0 Å². The van der Waals surface area contributed by atoms with Gasteiger partial charge in [-0.15, -0.1) is 24.0 Å². The molecule has 3 nitrogen and oxygen atoms in total. The SMILES string of the molecule is CN=C(NCCc1ccc(C)cc1C)NC1CCCC1.I. The summed E-state index contributed by atoms with van der Waals surface area (Å²) in [7, 11) is 1.85. The molecule has 0 heterocycles. The molecule has 2 N–H and O–H groups in total. The Balaban J connectivity index is 0.00000220. The number of halogens is 1. The van der Waals surface area contributed by atoms with Gasteiger partial charge in [-0.2, -0.15) is 0 Å². The Bertz CT molecular complexity index is 465. The third kappa shape index (κ3) is 5.85. The summed E-state index contributed by atoms with van der Waals surface area (Å²) in [5.74, 6) is 0.946. The van der Waals surface area contributed by atoms with Gasteiger partial charge in [0, 0.05) is 19.6 Å². The number of rotatable bonds is 4. The first-order chi connectivity index (χ1) is 9.69. The molecule has 2 rings (SSSR count). The minimum atomic E-state index is 0. The van der Waals surface area contributed by atoms with Gasteiger partial charge in [0.05, 0.1) is 0 Å². The molecule has 21 heavy (non-hydrogen) atoms. The van der Waals surface area contributed by atoms with Crippen molar-refractivity contribution in [3.8, 4) is 0 Å². The molecule has 1 aliphatic carbocycles. The van der Waals surface area contributed by atoms with E-state index in [2.05, 4.69) is 47.7 Å². The lowest BCUT2D eigenvalue weighted by Gasteiger charge is -2.17. The van der Waals surface area contributed by atoms with Crippen molar-refractivity contribution >= 4 is 29.9 Å². The molecule has 118 valence electrons. The Hall–Kier alpha value is -0.780. The normalized spacial score (nSPS) is 15.7. The summed E-state index contributed by atoms with van der Waals surface area (Å²) in [4.78, 5) is 4.31. The van der Waals surface area contributed by atoms with Crippen LogP contribution >= 0.6 is 24.0 Å². The molecule has 0 saturated heterocycles. The molecule has 0 aromatic heterocycles. The Morgan fingerprint density at radius 2 is 1.95 bits per heavy atom. The highest BCUT2D eigenvalue weighted by Gasteiger charge is 2.15. The predicted molar refractivity (Wildman–Crippen MR) is 102 cm³/mol. The van der Waals surface area contributed by atoms with Gasteiger partial charge >= 0.3 is 0 Å². The highest BCUT2D eigenvalue weighted by atomic mass is 127. The fourth-order valence-electron chi connectivity index (χ4n) is 2.90. The number of guanidine groups is 1. The van der Waals surface area contributed by atoms with E-state index in [0.29, 0.717) is 6.04 Å². The molecule has 4 heteroatoms. The molecular formula is C17H28IN3. The summed E-state index contributed by atoms with van der Waals surface area (Å²) in [5.41, 5.74) is 4.13. The first-order valence-corrected chi connectivity index (χ1v) is 7.72. The van der Waals surface area contributed by atoms with E-state index in [1.54, 1.807) is 0 Å². The first kappa shape index (κ1) is 18.3. The molecule has 0 spiro atoms. The lowest BCUT2D eigenvalue weighted by molar-refractivity contribution is 0.613. The van der Waals surface area contributed by atoms with Crippen LogP contribution in [-0.4, -0.2) is 25.6 Å². The first-order valence-electron chi connectivity index (χ1n) is 7.72. The molecule has 1 aliphatic rings. The van der Waals surface area contributed by atoms with Crippen molar-refractivity contribution in [2.24, 2.45) is 4.99 Å². The van der Waals surface area contributed by atoms with E-state index in [1.165, 1.54) is 42.4 Å². The smallest absolute Gasteiger partial charge is 0.191 e. The van der Waals surface area contributed by atoms with Crippen LogP contribution in [0.15, 0.2) is 23.2 Å². The summed E-state index contributed by atoms with van der Waals surface area (Å²) in [6, 6.07) is 7.29. The topological polar surface area (TPSA) is 36.4 Å². The van der Waals surface area contributed by atoms with Crippen molar-refractivity contribution in [1.82, 2.24) is 10.6 Å². The standard InChI is InChI=1S/C17H27N3.HI/c1-13-8-9-15(14(2)12-13)10-11-19-17(18-3)20-16-6-4-5-7-16;/h8-9,12,16H,4-7,10-11H2,1-3H3,(H2,18,19,20);1H. The van der Waals surface area contributed by atoms with Crippen LogP contribution < -0.4 is 10.6 Å². The van der Waals surface area contributed by atoms with Crippen LogP contribution in [0.25, 0.3) is 0 Å². The molecule has 0 bridgehead atoms. The monoisotopic (exact) mass is 401 g/mol. The molecule has 0 radical (unpaired) electrons. The summed E-state index contributed by atoms with van der Waals surface area (Å²) in [6.07, 6.45) is 6.28. The molecule has 0 amide bonds. The third-order valence-corrected chi connectivity index (χ3v) is 4.10. The van der Waals surface area contributed by atoms with Crippen LogP contribution in [0.2, 0.25) is 0 Å². The predicted octanol–water partition coefficient (Wildman–Crippen LogP) is 3.57. The van der Waals surface area contributed by atoms with Crippen LogP contribution in [0.3, 0.4) is 0 Å². The molecule has 1 saturated carbocycles. The van der Waals surface area contributed by atoms with Crippen LogP contribution in [0.1, 0.15) is 42.4 Å². The van der Waals surface area contributed by atoms with Crippen LogP contribution in [-0.2, 0) is 6.42 Å². The minimum Gasteiger partial charge on any atom is -0.356 e. The molecule has 1 aromatic rings. The zero-order valence-electron chi connectivity index (χ0n) is 13.4. The zero-order chi connectivity index (χ0) is 14.4. The summed E-state index contributed by atoms with van der Waals surface area (Å²) < 4.78 is 0. The van der Waals surface area contributed by atoms with Gasteiger partial charge in [-0.3, -0.25) is 4.99 Å². The van der Waals surface area contributed by atoms with Gasteiger partial charge in [-0.1, -0.05) is 36.6 Å². The highest BCUT2D eigenvalue weighted by molar-refractivity contribution is 14.0. The second-order valence-corrected chi connectivity index (χ2v) is 5.80. The molecular weight excluding hydrogens is 373 g/mol. The van der Waals surface area contributed by atoms with E-state index in [-0.39, 0.29) is 24.0 Å². The minimum absolute atomic E-state index is 0. The van der Waals surface area contributed by atoms with Crippen LogP contribution in [0.5, 0.6) is 0 Å². The average Bonchev–Trinajstić information content (AvgIpc) is 2.93. The van der Waals surface area contributed by atoms with Crippen molar-refractivity contribution in [2.45, 2.75) is 52.0 Å². The number of hydrogen-bond acceptors (Lipinski definition) is 1. The van der Waals surface area contributed by atoms with Crippen LogP contribution in [0, 0.1) is 13.8 Å². The summed E-state index contributed by atoms with van der Waals surface area (Å²) in [5, 5.41) is 6.94. The number of aliphatic imine (C=N–C) groups is 1. The third-order valence-electron chi connectivity index (χ3n) is 4.10. The van der Waals surface area contributed by atoms with Gasteiger partial charge in [-0.05, 0) is 44.2 Å². The number of nitrogens with zero attached hydrogens (tertiary/aromatic N) is 1. The van der Waals surface area contributed by atoms with Gasteiger partial charge < -0.3 is 10.6 Å². The maximum absolute atomic E-state index is 4.31.